The maximum Gasteiger partial charge on any atom is 0.308 e. The van der Waals surface area contributed by atoms with E-state index in [1.54, 1.807) is 43.1 Å². The van der Waals surface area contributed by atoms with Crippen LogP contribution in [0.15, 0.2) is 53.4 Å². The van der Waals surface area contributed by atoms with Crippen LogP contribution in [0.2, 0.25) is 0 Å². The fraction of sp³-hybridized carbons (Fsp3) is 0.458. The lowest BCUT2D eigenvalue weighted by atomic mass is 9.90. The van der Waals surface area contributed by atoms with Crippen LogP contribution in [-0.4, -0.2) is 48.5 Å². The van der Waals surface area contributed by atoms with Crippen LogP contribution in [0.25, 0.3) is 0 Å². The van der Waals surface area contributed by atoms with Crippen LogP contribution in [0.4, 0.5) is 0 Å². The first-order valence-corrected chi connectivity index (χ1v) is 13.2. The number of aryl methyl sites for hydroxylation is 1. The van der Waals surface area contributed by atoms with Crippen LogP contribution in [0.3, 0.4) is 0 Å². The quantitative estimate of drug-likeness (QED) is 0.598. The van der Waals surface area contributed by atoms with Gasteiger partial charge in [0.2, 0.25) is 10.0 Å². The molecule has 1 fully saturated rings. The molecule has 1 saturated heterocycles. The van der Waals surface area contributed by atoms with Gasteiger partial charge in [0.1, 0.15) is 5.75 Å². The van der Waals surface area contributed by atoms with E-state index in [1.807, 2.05) is 31.2 Å². The first-order chi connectivity index (χ1) is 15.1. The molecule has 0 radical (unpaired) electrons. The van der Waals surface area contributed by atoms with E-state index in [0.29, 0.717) is 18.1 Å². The highest BCUT2D eigenvalue weighted by Crippen LogP contribution is 2.42. The molecule has 0 bridgehead atoms. The van der Waals surface area contributed by atoms with Gasteiger partial charge in [-0.15, -0.1) is 0 Å². The zero-order valence-electron chi connectivity index (χ0n) is 18.9. The molecule has 0 spiro atoms. The Morgan fingerprint density at radius 2 is 1.78 bits per heavy atom. The Bertz CT molecular complexity index is 1020. The second-order valence-electron chi connectivity index (χ2n) is 8.62. The summed E-state index contributed by atoms with van der Waals surface area (Å²) in [6, 6.07) is 13.6. The summed E-state index contributed by atoms with van der Waals surface area (Å²) in [5.41, 5.74) is 1.79. The van der Waals surface area contributed by atoms with E-state index in [0.717, 1.165) is 16.9 Å². The number of aliphatic carboxylic acids is 1. The minimum Gasteiger partial charge on any atom is -0.497 e. The van der Waals surface area contributed by atoms with Gasteiger partial charge >= 0.3 is 5.97 Å². The molecule has 6 nitrogen and oxygen atoms in total. The third-order valence-corrected chi connectivity index (χ3v) is 9.41. The van der Waals surface area contributed by atoms with E-state index in [-0.39, 0.29) is 16.7 Å². The average Bonchev–Trinajstić information content (AvgIpc) is 2.77. The first-order valence-electron chi connectivity index (χ1n) is 10.7. The maximum absolute atomic E-state index is 13.6. The smallest absolute Gasteiger partial charge is 0.308 e. The monoisotopic (exact) mass is 477 g/mol. The molecular formula is C24H31NO5S2. The van der Waals surface area contributed by atoms with Crippen molar-refractivity contribution in [3.63, 3.8) is 0 Å². The highest BCUT2D eigenvalue weighted by atomic mass is 32.2. The minimum absolute atomic E-state index is 0.0575. The molecule has 3 atom stereocenters. The molecule has 3 rings (SSSR count). The molecule has 1 N–H and O–H groups in total. The summed E-state index contributed by atoms with van der Waals surface area (Å²) < 4.78 is 33.9. The summed E-state index contributed by atoms with van der Waals surface area (Å²) in [4.78, 5) is 12.3. The number of nitrogens with zero attached hydrogens (tertiary/aromatic N) is 1. The minimum atomic E-state index is -3.88. The lowest BCUT2D eigenvalue weighted by Crippen LogP contribution is -2.49. The molecule has 174 valence electrons. The average molecular weight is 478 g/mol. The Balaban J connectivity index is 2.03. The Labute approximate surface area is 195 Å². The van der Waals surface area contributed by atoms with E-state index >= 15 is 0 Å². The van der Waals surface area contributed by atoms with Crippen molar-refractivity contribution in [2.75, 3.05) is 19.4 Å². The molecule has 0 aliphatic carbocycles. The van der Waals surface area contributed by atoms with Crippen molar-refractivity contribution < 1.29 is 23.1 Å². The van der Waals surface area contributed by atoms with E-state index in [9.17, 15) is 18.3 Å². The fourth-order valence-electron chi connectivity index (χ4n) is 3.92. The maximum atomic E-state index is 13.6. The summed E-state index contributed by atoms with van der Waals surface area (Å²) in [5, 5.41) is 9.76. The van der Waals surface area contributed by atoms with Crippen molar-refractivity contribution in [1.29, 1.82) is 0 Å². The number of hydrogen-bond donors (Lipinski definition) is 1. The van der Waals surface area contributed by atoms with Crippen LogP contribution in [0, 0.1) is 18.8 Å². The standard InChI is InChI=1S/C24H31NO5S2/c1-16(2)15-31-23-13-22(18-7-9-19(30-4)10-8-18)25(14-21(23)24(26)27)32(28,29)20-11-5-17(3)6-12-20/h5-12,16,21-23H,13-15H2,1-4H3,(H,26,27)/t21-,22+,23-/m1/s1. The van der Waals surface area contributed by atoms with Gasteiger partial charge in [-0.25, -0.2) is 8.42 Å². The number of sulfonamides is 1. The van der Waals surface area contributed by atoms with Crippen LogP contribution < -0.4 is 4.74 Å². The third-order valence-electron chi connectivity index (χ3n) is 5.72. The van der Waals surface area contributed by atoms with Gasteiger partial charge in [0.25, 0.3) is 0 Å². The van der Waals surface area contributed by atoms with Crippen molar-refractivity contribution in [2.24, 2.45) is 11.8 Å². The number of hydrogen-bond acceptors (Lipinski definition) is 5. The largest absolute Gasteiger partial charge is 0.497 e. The van der Waals surface area contributed by atoms with E-state index < -0.39 is 28.0 Å². The van der Waals surface area contributed by atoms with Crippen molar-refractivity contribution in [3.8, 4) is 5.75 Å². The molecule has 0 saturated carbocycles. The summed E-state index contributed by atoms with van der Waals surface area (Å²) in [5.74, 6) is 0.209. The molecule has 1 heterocycles. The van der Waals surface area contributed by atoms with Crippen molar-refractivity contribution in [1.82, 2.24) is 4.31 Å². The first kappa shape index (κ1) is 24.6. The number of ether oxygens (including phenoxy) is 1. The predicted octanol–water partition coefficient (Wildman–Crippen LogP) is 4.60. The van der Waals surface area contributed by atoms with Gasteiger partial charge in [0.05, 0.1) is 24.0 Å². The second-order valence-corrected chi connectivity index (χ2v) is 11.8. The third kappa shape index (κ3) is 5.47. The number of carboxylic acids is 1. The Morgan fingerprint density at radius 1 is 1.16 bits per heavy atom. The number of methoxy groups -OCH3 is 1. The van der Waals surface area contributed by atoms with Gasteiger partial charge in [-0.1, -0.05) is 43.7 Å². The van der Waals surface area contributed by atoms with Gasteiger partial charge in [-0.3, -0.25) is 4.79 Å². The van der Waals surface area contributed by atoms with Crippen LogP contribution in [-0.2, 0) is 14.8 Å². The summed E-state index contributed by atoms with van der Waals surface area (Å²) in [6.07, 6.45) is 0.436. The SMILES string of the molecule is COc1ccc([C@@H]2C[C@@H](SCC(C)C)[C@H](C(=O)O)CN2S(=O)(=O)c2ccc(C)cc2)cc1. The number of thioether (sulfide) groups is 1. The van der Waals surface area contributed by atoms with E-state index in [2.05, 4.69) is 13.8 Å². The number of rotatable bonds is 8. The summed E-state index contributed by atoms with van der Waals surface area (Å²) in [7, 11) is -2.30. The van der Waals surface area contributed by atoms with Gasteiger partial charge in [0.15, 0.2) is 0 Å². The topological polar surface area (TPSA) is 83.9 Å². The summed E-state index contributed by atoms with van der Waals surface area (Å²) >= 11 is 1.63. The molecule has 32 heavy (non-hydrogen) atoms. The van der Waals surface area contributed by atoms with Crippen molar-refractivity contribution in [3.05, 3.63) is 59.7 Å². The Morgan fingerprint density at radius 3 is 2.31 bits per heavy atom. The fourth-order valence-corrected chi connectivity index (χ4v) is 6.95. The van der Waals surface area contributed by atoms with Crippen molar-refractivity contribution >= 4 is 27.8 Å². The van der Waals surface area contributed by atoms with Gasteiger partial charge in [0, 0.05) is 11.8 Å². The molecule has 2 aromatic carbocycles. The molecule has 2 aromatic rings. The molecule has 0 unspecified atom stereocenters. The second kappa shape index (κ2) is 10.3. The molecule has 1 aliphatic rings. The van der Waals surface area contributed by atoms with Gasteiger partial charge < -0.3 is 9.84 Å². The zero-order chi connectivity index (χ0) is 23.5. The number of carbonyl (C=O) groups is 1. The predicted molar refractivity (Wildman–Crippen MR) is 128 cm³/mol. The number of benzene rings is 2. The van der Waals surface area contributed by atoms with Gasteiger partial charge in [-0.05, 0) is 54.8 Å². The lowest BCUT2D eigenvalue weighted by Gasteiger charge is -2.42. The number of piperidine rings is 1. The molecule has 1 aliphatic heterocycles. The lowest BCUT2D eigenvalue weighted by molar-refractivity contribution is -0.143. The molecule has 0 amide bonds. The molecular weight excluding hydrogens is 446 g/mol. The van der Waals surface area contributed by atoms with Crippen LogP contribution in [0.1, 0.15) is 37.4 Å². The van der Waals surface area contributed by atoms with E-state index in [4.69, 9.17) is 4.74 Å². The molecule has 8 heteroatoms. The van der Waals surface area contributed by atoms with Crippen molar-refractivity contribution in [2.45, 2.75) is 43.4 Å². The van der Waals surface area contributed by atoms with Crippen LogP contribution in [0.5, 0.6) is 5.75 Å². The highest BCUT2D eigenvalue weighted by Gasteiger charge is 2.45. The summed E-state index contributed by atoms with van der Waals surface area (Å²) in [6.45, 7) is 6.04. The zero-order valence-corrected chi connectivity index (χ0v) is 20.5. The molecule has 0 aromatic heterocycles. The van der Waals surface area contributed by atoms with E-state index in [1.165, 1.54) is 4.31 Å². The Hall–Kier alpha value is -2.03. The number of carboxylic acid groups (broad SMARTS) is 1. The van der Waals surface area contributed by atoms with Crippen LogP contribution >= 0.6 is 11.8 Å². The highest BCUT2D eigenvalue weighted by molar-refractivity contribution is 7.99. The Kier molecular flexibility index (Phi) is 7.90. The normalized spacial score (nSPS) is 22.1. The van der Waals surface area contributed by atoms with Gasteiger partial charge in [-0.2, -0.15) is 16.1 Å².